The Balaban J connectivity index is 5.91. The standard InChI is InChI=1S/C5H4F9NO4S2/c1-2(6,3(7,8)9)20(16,17)15-21(18,19)5(13,14)4(10,11)12/h15H,1H3/t2-/m0/s1. The van der Waals surface area contributed by atoms with Crippen molar-refractivity contribution in [1.82, 2.24) is 4.13 Å². The van der Waals surface area contributed by atoms with Crippen LogP contribution in [0.3, 0.4) is 0 Å². The second-order valence-corrected chi connectivity index (χ2v) is 7.48. The van der Waals surface area contributed by atoms with Crippen molar-refractivity contribution in [3.63, 3.8) is 0 Å². The van der Waals surface area contributed by atoms with Gasteiger partial charge < -0.3 is 0 Å². The van der Waals surface area contributed by atoms with Crippen molar-refractivity contribution in [1.29, 1.82) is 0 Å². The molecule has 0 heterocycles. The molecule has 0 unspecified atom stereocenters. The third kappa shape index (κ3) is 3.36. The van der Waals surface area contributed by atoms with Crippen LogP contribution in [-0.4, -0.2) is 39.4 Å². The SMILES string of the molecule is C[C@@](F)(C(F)(F)F)S(=O)(=O)NS(=O)(=O)C(F)(F)C(F)(F)F. The van der Waals surface area contributed by atoms with E-state index in [1.165, 1.54) is 0 Å². The Morgan fingerprint density at radius 3 is 1.24 bits per heavy atom. The molecule has 0 aromatic carbocycles. The van der Waals surface area contributed by atoms with E-state index < -0.39 is 53.7 Å². The number of alkyl halides is 9. The Labute approximate surface area is 111 Å². The van der Waals surface area contributed by atoms with E-state index in [1.54, 1.807) is 0 Å². The number of hydrogen-bond acceptors (Lipinski definition) is 4. The number of sulfonamides is 2. The van der Waals surface area contributed by atoms with E-state index >= 15 is 0 Å². The van der Waals surface area contributed by atoms with Crippen LogP contribution in [0.4, 0.5) is 39.5 Å². The Kier molecular flexibility index (Phi) is 4.69. The summed E-state index contributed by atoms with van der Waals surface area (Å²) in [5.41, 5.74) is 0. The van der Waals surface area contributed by atoms with Crippen molar-refractivity contribution in [2.24, 2.45) is 0 Å². The van der Waals surface area contributed by atoms with E-state index in [1.807, 2.05) is 0 Å². The van der Waals surface area contributed by atoms with Gasteiger partial charge in [-0.1, -0.05) is 0 Å². The van der Waals surface area contributed by atoms with Gasteiger partial charge in [0.1, 0.15) is 0 Å². The average molecular weight is 377 g/mol. The highest BCUT2D eigenvalue weighted by Crippen LogP contribution is 2.42. The molecule has 0 amide bonds. The van der Waals surface area contributed by atoms with Crippen molar-refractivity contribution in [2.45, 2.75) is 29.5 Å². The topological polar surface area (TPSA) is 80.3 Å². The second-order valence-electron chi connectivity index (χ2n) is 3.52. The van der Waals surface area contributed by atoms with E-state index in [2.05, 4.69) is 0 Å². The molecule has 16 heteroatoms. The summed E-state index contributed by atoms with van der Waals surface area (Å²) in [7, 11) is -14.1. The molecule has 1 N–H and O–H groups in total. The summed E-state index contributed by atoms with van der Waals surface area (Å²) in [5.74, 6) is 0. The van der Waals surface area contributed by atoms with Crippen LogP contribution in [0.5, 0.6) is 0 Å². The van der Waals surface area contributed by atoms with Crippen molar-refractivity contribution >= 4 is 20.0 Å². The van der Waals surface area contributed by atoms with Crippen LogP contribution >= 0.6 is 0 Å². The van der Waals surface area contributed by atoms with Gasteiger partial charge in [-0.25, -0.2) is 21.2 Å². The van der Waals surface area contributed by atoms with Crippen molar-refractivity contribution in [3.05, 3.63) is 0 Å². The highest BCUT2D eigenvalue weighted by molar-refractivity contribution is 8.05. The van der Waals surface area contributed by atoms with E-state index in [0.717, 1.165) is 0 Å². The monoisotopic (exact) mass is 377 g/mol. The first-order valence-electron chi connectivity index (χ1n) is 4.18. The fourth-order valence-electron chi connectivity index (χ4n) is 0.580. The lowest BCUT2D eigenvalue weighted by molar-refractivity contribution is -0.241. The summed E-state index contributed by atoms with van der Waals surface area (Å²) in [6.07, 6.45) is -13.2. The van der Waals surface area contributed by atoms with Crippen molar-refractivity contribution < 1.29 is 56.3 Å². The molecule has 0 spiro atoms. The maximum absolute atomic E-state index is 13.0. The maximum atomic E-state index is 13.0. The minimum Gasteiger partial charge on any atom is -0.215 e. The lowest BCUT2D eigenvalue weighted by Gasteiger charge is -2.25. The van der Waals surface area contributed by atoms with Crippen molar-refractivity contribution in [2.75, 3.05) is 0 Å². The summed E-state index contributed by atoms with van der Waals surface area (Å²) in [4.78, 5) is 0. The molecule has 0 saturated carbocycles. The van der Waals surface area contributed by atoms with Gasteiger partial charge in [-0.2, -0.15) is 35.1 Å². The minimum absolute atomic E-state index is 0.594. The fraction of sp³-hybridized carbons (Fsp3) is 1.00. The van der Waals surface area contributed by atoms with Gasteiger partial charge in [-0.3, -0.25) is 0 Å². The number of halogens is 9. The molecule has 0 bridgehead atoms. The Morgan fingerprint density at radius 1 is 0.667 bits per heavy atom. The molecule has 21 heavy (non-hydrogen) atoms. The molecule has 0 radical (unpaired) electrons. The number of nitrogens with one attached hydrogen (secondary N) is 1. The quantitative estimate of drug-likeness (QED) is 0.756. The summed E-state index contributed by atoms with van der Waals surface area (Å²) < 4.78 is 152. The molecule has 128 valence electrons. The lowest BCUT2D eigenvalue weighted by Crippen LogP contribution is -2.57. The summed E-state index contributed by atoms with van der Waals surface area (Å²) in [6.45, 7) is -0.781. The van der Waals surface area contributed by atoms with Crippen LogP contribution < -0.4 is 4.13 Å². The van der Waals surface area contributed by atoms with E-state index in [0.29, 0.717) is 0 Å². The van der Waals surface area contributed by atoms with Crippen LogP contribution in [0.15, 0.2) is 0 Å². The van der Waals surface area contributed by atoms with Gasteiger partial charge in [-0.05, 0) is 6.92 Å². The van der Waals surface area contributed by atoms with Gasteiger partial charge >= 0.3 is 22.6 Å². The zero-order valence-corrected chi connectivity index (χ0v) is 11.0. The zero-order valence-electron chi connectivity index (χ0n) is 9.35. The van der Waals surface area contributed by atoms with Gasteiger partial charge in [0.2, 0.25) is 0 Å². The summed E-state index contributed by atoms with van der Waals surface area (Å²) in [5, 5.41) is -12.2. The van der Waals surface area contributed by atoms with Crippen LogP contribution in [0, 0.1) is 0 Å². The molecule has 5 nitrogen and oxygen atoms in total. The summed E-state index contributed by atoms with van der Waals surface area (Å²) in [6, 6.07) is 0. The highest BCUT2D eigenvalue weighted by Gasteiger charge is 2.70. The van der Waals surface area contributed by atoms with E-state index in [9.17, 15) is 56.3 Å². The zero-order chi connectivity index (χ0) is 17.7. The first-order valence-corrected chi connectivity index (χ1v) is 7.15. The van der Waals surface area contributed by atoms with Crippen LogP contribution in [0.1, 0.15) is 6.92 Å². The molecular weight excluding hydrogens is 373 g/mol. The average Bonchev–Trinajstić information content (AvgIpc) is 2.11. The number of hydrogen-bond donors (Lipinski definition) is 1. The third-order valence-corrected chi connectivity index (χ3v) is 5.80. The van der Waals surface area contributed by atoms with Gasteiger partial charge in [0.05, 0.1) is 0 Å². The molecule has 0 fully saturated rings. The summed E-state index contributed by atoms with van der Waals surface area (Å²) >= 11 is 0. The molecular formula is C5H4F9NO4S2. The van der Waals surface area contributed by atoms with Gasteiger partial charge in [0.15, 0.2) is 0 Å². The van der Waals surface area contributed by atoms with E-state index in [-0.39, 0.29) is 0 Å². The largest absolute Gasteiger partial charge is 0.471 e. The predicted molar refractivity (Wildman–Crippen MR) is 47.5 cm³/mol. The Hall–Kier alpha value is -0.770. The molecule has 0 aliphatic rings. The van der Waals surface area contributed by atoms with Crippen LogP contribution in [0.25, 0.3) is 0 Å². The predicted octanol–water partition coefficient (Wildman–Crippen LogP) is 1.64. The van der Waals surface area contributed by atoms with Gasteiger partial charge in [-0.15, -0.1) is 4.13 Å². The van der Waals surface area contributed by atoms with Crippen LogP contribution in [-0.2, 0) is 20.0 Å². The first-order chi connectivity index (χ1) is 8.71. The molecule has 1 atom stereocenters. The third-order valence-electron chi connectivity index (χ3n) is 1.90. The fourth-order valence-corrected chi connectivity index (χ4v) is 3.39. The smallest absolute Gasteiger partial charge is 0.215 e. The molecule has 0 aliphatic carbocycles. The maximum Gasteiger partial charge on any atom is 0.471 e. The normalized spacial score (nSPS) is 18.4. The second kappa shape index (κ2) is 4.87. The highest BCUT2D eigenvalue weighted by atomic mass is 32.3. The van der Waals surface area contributed by atoms with Crippen molar-refractivity contribution in [3.8, 4) is 0 Å². The van der Waals surface area contributed by atoms with E-state index in [4.69, 9.17) is 0 Å². The van der Waals surface area contributed by atoms with Crippen LogP contribution in [0.2, 0.25) is 0 Å². The molecule has 0 aromatic rings. The molecule has 0 aromatic heterocycles. The first kappa shape index (κ1) is 20.2. The molecule has 0 saturated heterocycles. The minimum atomic E-state index is -7.25. The molecule has 0 rings (SSSR count). The number of rotatable bonds is 4. The Bertz CT molecular complexity index is 545. The van der Waals surface area contributed by atoms with Gasteiger partial charge in [0.25, 0.3) is 20.0 Å². The van der Waals surface area contributed by atoms with Gasteiger partial charge in [0, 0.05) is 0 Å². The lowest BCUT2D eigenvalue weighted by atomic mass is 10.4. The Morgan fingerprint density at radius 2 is 1.00 bits per heavy atom. The molecule has 0 aliphatic heterocycles.